The molecule has 23 heavy (non-hydrogen) atoms. The molecule has 122 valence electrons. The Morgan fingerprint density at radius 1 is 1.13 bits per heavy atom. The summed E-state index contributed by atoms with van der Waals surface area (Å²) in [5.41, 5.74) is -0.627. The monoisotopic (exact) mass is 327 g/mol. The SMILES string of the molecule is COc1ccc(C(=O)NC(c2ccccc2)C(F)(F)F)c(F)c1. The lowest BCUT2D eigenvalue weighted by atomic mass is 10.1. The second-order valence-electron chi connectivity index (χ2n) is 4.70. The second-order valence-corrected chi connectivity index (χ2v) is 4.70. The van der Waals surface area contributed by atoms with Crippen molar-refractivity contribution in [1.29, 1.82) is 0 Å². The third-order valence-corrected chi connectivity index (χ3v) is 3.16. The van der Waals surface area contributed by atoms with Crippen molar-refractivity contribution in [2.75, 3.05) is 7.11 Å². The third-order valence-electron chi connectivity index (χ3n) is 3.16. The Labute approximate surface area is 129 Å². The third kappa shape index (κ3) is 4.00. The lowest BCUT2D eigenvalue weighted by molar-refractivity contribution is -0.155. The van der Waals surface area contributed by atoms with Crippen LogP contribution in [0.15, 0.2) is 48.5 Å². The molecule has 3 nitrogen and oxygen atoms in total. The van der Waals surface area contributed by atoms with E-state index in [9.17, 15) is 22.4 Å². The normalized spacial score (nSPS) is 12.6. The van der Waals surface area contributed by atoms with Crippen LogP contribution in [-0.2, 0) is 0 Å². The molecule has 2 rings (SSSR count). The minimum absolute atomic E-state index is 0.137. The molecule has 0 heterocycles. The van der Waals surface area contributed by atoms with Gasteiger partial charge in [0.05, 0.1) is 12.7 Å². The zero-order chi connectivity index (χ0) is 17.0. The first-order valence-corrected chi connectivity index (χ1v) is 6.59. The summed E-state index contributed by atoms with van der Waals surface area (Å²) < 4.78 is 58.1. The predicted octanol–water partition coefficient (Wildman–Crippen LogP) is 3.87. The van der Waals surface area contributed by atoms with E-state index in [2.05, 4.69) is 0 Å². The van der Waals surface area contributed by atoms with Gasteiger partial charge in [-0.15, -0.1) is 0 Å². The first-order chi connectivity index (χ1) is 10.8. The summed E-state index contributed by atoms with van der Waals surface area (Å²) in [7, 11) is 1.31. The first-order valence-electron chi connectivity index (χ1n) is 6.59. The Bertz CT molecular complexity index is 686. The number of hydrogen-bond acceptors (Lipinski definition) is 2. The van der Waals surface area contributed by atoms with E-state index in [1.807, 2.05) is 5.32 Å². The molecule has 0 aliphatic carbocycles. The molecular weight excluding hydrogens is 314 g/mol. The highest BCUT2D eigenvalue weighted by atomic mass is 19.4. The summed E-state index contributed by atoms with van der Waals surface area (Å²) in [5, 5.41) is 1.82. The number of nitrogens with one attached hydrogen (secondary N) is 1. The Balaban J connectivity index is 2.28. The number of amides is 1. The van der Waals surface area contributed by atoms with Gasteiger partial charge in [-0.2, -0.15) is 13.2 Å². The summed E-state index contributed by atoms with van der Waals surface area (Å²) in [6.45, 7) is 0. The minimum atomic E-state index is -4.71. The topological polar surface area (TPSA) is 38.3 Å². The van der Waals surface area contributed by atoms with Gasteiger partial charge in [-0.05, 0) is 17.7 Å². The van der Waals surface area contributed by atoms with Gasteiger partial charge in [0.25, 0.3) is 5.91 Å². The summed E-state index contributed by atoms with van der Waals surface area (Å²) in [5.74, 6) is -1.96. The minimum Gasteiger partial charge on any atom is -0.497 e. The Hall–Kier alpha value is -2.57. The number of benzene rings is 2. The summed E-state index contributed by atoms with van der Waals surface area (Å²) in [4.78, 5) is 12.0. The molecule has 7 heteroatoms. The van der Waals surface area contributed by atoms with Crippen LogP contribution in [0, 0.1) is 5.82 Å². The predicted molar refractivity (Wildman–Crippen MR) is 75.7 cm³/mol. The molecule has 0 saturated carbocycles. The molecule has 2 aromatic rings. The Kier molecular flexibility index (Phi) is 4.88. The van der Waals surface area contributed by atoms with E-state index in [0.29, 0.717) is 0 Å². The quantitative estimate of drug-likeness (QED) is 0.866. The first kappa shape index (κ1) is 16.8. The highest BCUT2D eigenvalue weighted by molar-refractivity contribution is 5.95. The van der Waals surface area contributed by atoms with Crippen LogP contribution in [0.5, 0.6) is 5.75 Å². The van der Waals surface area contributed by atoms with Gasteiger partial charge in [0.2, 0.25) is 0 Å². The van der Waals surface area contributed by atoms with Crippen molar-refractivity contribution in [2.24, 2.45) is 0 Å². The largest absolute Gasteiger partial charge is 0.497 e. The lowest BCUT2D eigenvalue weighted by Crippen LogP contribution is -2.38. The fraction of sp³-hybridized carbons (Fsp3) is 0.188. The van der Waals surface area contributed by atoms with Crippen LogP contribution in [0.25, 0.3) is 0 Å². The number of halogens is 4. The van der Waals surface area contributed by atoms with Gasteiger partial charge in [-0.1, -0.05) is 30.3 Å². The van der Waals surface area contributed by atoms with Crippen LogP contribution >= 0.6 is 0 Å². The number of methoxy groups -OCH3 is 1. The molecule has 0 radical (unpaired) electrons. The molecule has 1 atom stereocenters. The number of carbonyl (C=O) groups is 1. The van der Waals surface area contributed by atoms with E-state index in [4.69, 9.17) is 4.74 Å². The van der Waals surface area contributed by atoms with Crippen molar-refractivity contribution in [3.63, 3.8) is 0 Å². The smallest absolute Gasteiger partial charge is 0.412 e. The van der Waals surface area contributed by atoms with Crippen molar-refractivity contribution in [1.82, 2.24) is 5.32 Å². The molecule has 1 unspecified atom stereocenters. The maximum Gasteiger partial charge on any atom is 0.412 e. The molecule has 1 amide bonds. The Morgan fingerprint density at radius 3 is 2.30 bits per heavy atom. The number of alkyl halides is 3. The van der Waals surface area contributed by atoms with Gasteiger partial charge in [0.15, 0.2) is 6.04 Å². The fourth-order valence-corrected chi connectivity index (χ4v) is 2.02. The molecule has 0 bridgehead atoms. The van der Waals surface area contributed by atoms with Crippen LogP contribution in [0.3, 0.4) is 0 Å². The number of rotatable bonds is 4. The highest BCUT2D eigenvalue weighted by Gasteiger charge is 2.42. The number of hydrogen-bond donors (Lipinski definition) is 1. The van der Waals surface area contributed by atoms with E-state index >= 15 is 0 Å². The van der Waals surface area contributed by atoms with Gasteiger partial charge in [-0.3, -0.25) is 4.79 Å². The van der Waals surface area contributed by atoms with Crippen molar-refractivity contribution in [3.05, 3.63) is 65.5 Å². The average molecular weight is 327 g/mol. The molecule has 0 saturated heterocycles. The van der Waals surface area contributed by atoms with Crippen molar-refractivity contribution in [3.8, 4) is 5.75 Å². The van der Waals surface area contributed by atoms with Crippen molar-refractivity contribution in [2.45, 2.75) is 12.2 Å². The summed E-state index contributed by atoms with van der Waals surface area (Å²) >= 11 is 0. The Morgan fingerprint density at radius 2 is 1.78 bits per heavy atom. The summed E-state index contributed by atoms with van der Waals surface area (Å²) in [6.07, 6.45) is -4.71. The van der Waals surface area contributed by atoms with E-state index in [1.54, 1.807) is 6.07 Å². The second kappa shape index (κ2) is 6.68. The highest BCUT2D eigenvalue weighted by Crippen LogP contribution is 2.33. The van der Waals surface area contributed by atoms with Crippen LogP contribution in [0.4, 0.5) is 17.6 Å². The van der Waals surface area contributed by atoms with E-state index in [-0.39, 0.29) is 11.3 Å². The zero-order valence-electron chi connectivity index (χ0n) is 12.0. The van der Waals surface area contributed by atoms with Crippen LogP contribution in [0.1, 0.15) is 22.0 Å². The van der Waals surface area contributed by atoms with Crippen LogP contribution in [0.2, 0.25) is 0 Å². The average Bonchev–Trinajstić information content (AvgIpc) is 2.51. The number of ether oxygens (including phenoxy) is 1. The maximum atomic E-state index is 13.8. The van der Waals surface area contributed by atoms with Crippen molar-refractivity contribution < 1.29 is 27.1 Å². The standard InChI is InChI=1S/C16H13F4NO2/c1-23-11-7-8-12(13(17)9-11)15(22)21-14(16(18,19)20)10-5-3-2-4-6-10/h2-9,14H,1H3,(H,21,22). The van der Waals surface area contributed by atoms with E-state index < -0.39 is 29.5 Å². The molecule has 2 aromatic carbocycles. The van der Waals surface area contributed by atoms with Gasteiger partial charge in [0, 0.05) is 6.07 Å². The summed E-state index contributed by atoms with van der Waals surface area (Å²) in [6, 6.07) is 7.96. The lowest BCUT2D eigenvalue weighted by Gasteiger charge is -2.22. The fourth-order valence-electron chi connectivity index (χ4n) is 2.02. The molecular formula is C16H13F4NO2. The zero-order valence-corrected chi connectivity index (χ0v) is 12.0. The van der Waals surface area contributed by atoms with E-state index in [1.165, 1.54) is 37.4 Å². The van der Waals surface area contributed by atoms with E-state index in [0.717, 1.165) is 12.1 Å². The maximum absolute atomic E-state index is 13.8. The molecule has 0 aliphatic heterocycles. The van der Waals surface area contributed by atoms with Crippen molar-refractivity contribution >= 4 is 5.91 Å². The molecule has 0 aromatic heterocycles. The van der Waals surface area contributed by atoms with Crippen LogP contribution < -0.4 is 10.1 Å². The number of carbonyl (C=O) groups excluding carboxylic acids is 1. The van der Waals surface area contributed by atoms with Gasteiger partial charge in [-0.25, -0.2) is 4.39 Å². The molecule has 1 N–H and O–H groups in total. The molecule has 0 fully saturated rings. The van der Waals surface area contributed by atoms with Gasteiger partial charge in [0.1, 0.15) is 11.6 Å². The molecule has 0 aliphatic rings. The van der Waals surface area contributed by atoms with Crippen LogP contribution in [-0.4, -0.2) is 19.2 Å². The molecule has 0 spiro atoms. The van der Waals surface area contributed by atoms with Gasteiger partial charge < -0.3 is 10.1 Å². The van der Waals surface area contributed by atoms with Gasteiger partial charge >= 0.3 is 6.18 Å².